The number of carbonyl (C=O) groups is 3. The Morgan fingerprint density at radius 3 is 2.28 bits per heavy atom. The second-order valence-electron chi connectivity index (χ2n) is 10.6. The highest BCUT2D eigenvalue weighted by atomic mass is 28.4. The van der Waals surface area contributed by atoms with Gasteiger partial charge in [-0.2, -0.15) is 0 Å². The van der Waals surface area contributed by atoms with E-state index in [-0.39, 0.29) is 35.7 Å². The topological polar surface area (TPSA) is 92.9 Å². The Bertz CT molecular complexity index is 930. The molecule has 1 spiro atoms. The van der Waals surface area contributed by atoms with E-state index in [1.807, 2.05) is 6.92 Å². The lowest BCUT2D eigenvalue weighted by molar-refractivity contribution is -0.163. The minimum absolute atomic E-state index is 0.0740. The monoisotopic (exact) mass is 463 g/mol. The largest absolute Gasteiger partial charge is 0.412 e. The average molecular weight is 464 g/mol. The van der Waals surface area contributed by atoms with Gasteiger partial charge < -0.3 is 15.1 Å². The number of rotatable bonds is 6. The SMILES string of the molecule is CC1CC(=O)N(c2ccc(F)cc2)C12CN([C@H](C(N)=O)[C@@H](C)O[Si](C)(C)C(C)(C)C)C2=O. The smallest absolute Gasteiger partial charge is 0.251 e. The Labute approximate surface area is 190 Å². The van der Waals surface area contributed by atoms with E-state index in [4.69, 9.17) is 10.2 Å². The molecule has 3 amide bonds. The van der Waals surface area contributed by atoms with Crippen LogP contribution < -0.4 is 10.6 Å². The van der Waals surface area contributed by atoms with Gasteiger partial charge in [0.1, 0.15) is 17.4 Å². The fraction of sp³-hybridized carbons (Fsp3) is 0.609. The second kappa shape index (κ2) is 7.95. The first-order valence-corrected chi connectivity index (χ1v) is 13.9. The molecule has 2 fully saturated rings. The van der Waals surface area contributed by atoms with E-state index >= 15 is 0 Å². The third kappa shape index (κ3) is 3.75. The third-order valence-electron chi connectivity index (χ3n) is 7.43. The zero-order chi connectivity index (χ0) is 24.2. The molecule has 2 aliphatic heterocycles. The number of hydrogen-bond donors (Lipinski definition) is 1. The summed E-state index contributed by atoms with van der Waals surface area (Å²) < 4.78 is 19.8. The van der Waals surface area contributed by atoms with E-state index in [0.717, 1.165) is 0 Å². The molecule has 0 aromatic heterocycles. The molecule has 3 rings (SSSR count). The standard InChI is InChI=1S/C23H34FN3O4Si/c1-14-12-18(28)27(17-10-8-16(24)9-11-17)23(14)13-26(21(23)30)19(20(25)29)15(2)31-32(6,7)22(3,4)5/h8-11,14-15,19H,12-13H2,1-7H3,(H2,25,29)/t14?,15-,19+,23?/m1/s1. The number of carbonyl (C=O) groups excluding carboxylic acids is 3. The van der Waals surface area contributed by atoms with Crippen LogP contribution in [0.3, 0.4) is 0 Å². The van der Waals surface area contributed by atoms with Crippen LogP contribution in [0.25, 0.3) is 0 Å². The summed E-state index contributed by atoms with van der Waals surface area (Å²) in [7, 11) is -2.21. The molecule has 0 saturated carbocycles. The first-order valence-electron chi connectivity index (χ1n) is 11.0. The molecule has 9 heteroatoms. The minimum Gasteiger partial charge on any atom is -0.412 e. The van der Waals surface area contributed by atoms with E-state index < -0.39 is 37.7 Å². The van der Waals surface area contributed by atoms with Crippen molar-refractivity contribution < 1.29 is 23.2 Å². The van der Waals surface area contributed by atoms with Crippen LogP contribution in [0.15, 0.2) is 24.3 Å². The summed E-state index contributed by atoms with van der Waals surface area (Å²) in [4.78, 5) is 41.8. The van der Waals surface area contributed by atoms with E-state index in [1.54, 1.807) is 6.92 Å². The van der Waals surface area contributed by atoms with Gasteiger partial charge in [0.2, 0.25) is 11.8 Å². The molecule has 0 bridgehead atoms. The Kier molecular flexibility index (Phi) is 6.06. The lowest BCUT2D eigenvalue weighted by Crippen LogP contribution is -2.79. The molecule has 0 radical (unpaired) electrons. The van der Waals surface area contributed by atoms with Gasteiger partial charge in [0.15, 0.2) is 8.32 Å². The van der Waals surface area contributed by atoms with Crippen LogP contribution in [-0.4, -0.2) is 55.2 Å². The number of nitrogens with zero attached hydrogens (tertiary/aromatic N) is 2. The van der Waals surface area contributed by atoms with E-state index in [1.165, 1.54) is 34.1 Å². The zero-order valence-electron chi connectivity index (χ0n) is 19.9. The normalized spacial score (nSPS) is 25.8. The van der Waals surface area contributed by atoms with Gasteiger partial charge in [-0.25, -0.2) is 4.39 Å². The van der Waals surface area contributed by atoms with Crippen molar-refractivity contribution in [2.45, 2.75) is 76.9 Å². The quantitative estimate of drug-likeness (QED) is 0.518. The van der Waals surface area contributed by atoms with E-state index in [9.17, 15) is 18.8 Å². The molecule has 2 saturated heterocycles. The molecule has 2 heterocycles. The molecular weight excluding hydrogens is 429 g/mol. The molecule has 7 nitrogen and oxygen atoms in total. The highest BCUT2D eigenvalue weighted by molar-refractivity contribution is 6.74. The highest BCUT2D eigenvalue weighted by Gasteiger charge is 2.67. The van der Waals surface area contributed by atoms with Gasteiger partial charge in [0.05, 0.1) is 12.6 Å². The van der Waals surface area contributed by atoms with Crippen LogP contribution in [-0.2, 0) is 18.8 Å². The van der Waals surface area contributed by atoms with Gasteiger partial charge in [-0.05, 0) is 55.2 Å². The van der Waals surface area contributed by atoms with Crippen LogP contribution >= 0.6 is 0 Å². The van der Waals surface area contributed by atoms with Crippen molar-refractivity contribution in [3.05, 3.63) is 30.1 Å². The number of anilines is 1. The maximum atomic E-state index is 13.6. The second-order valence-corrected chi connectivity index (χ2v) is 15.4. The third-order valence-corrected chi connectivity index (χ3v) is 12.0. The number of primary amides is 1. The van der Waals surface area contributed by atoms with Gasteiger partial charge in [-0.3, -0.25) is 19.3 Å². The first-order chi connectivity index (χ1) is 14.6. The zero-order valence-corrected chi connectivity index (χ0v) is 20.9. The van der Waals surface area contributed by atoms with Gasteiger partial charge in [0.25, 0.3) is 5.91 Å². The summed E-state index contributed by atoms with van der Waals surface area (Å²) in [6.45, 7) is 14.3. The first kappa shape index (κ1) is 24.4. The number of nitrogens with two attached hydrogens (primary N) is 1. The molecule has 1 aromatic rings. The van der Waals surface area contributed by atoms with Gasteiger partial charge >= 0.3 is 0 Å². The highest BCUT2D eigenvalue weighted by Crippen LogP contribution is 2.47. The molecule has 2 aliphatic rings. The van der Waals surface area contributed by atoms with Crippen molar-refractivity contribution in [2.24, 2.45) is 11.7 Å². The van der Waals surface area contributed by atoms with Crippen molar-refractivity contribution in [3.63, 3.8) is 0 Å². The number of benzene rings is 1. The fourth-order valence-corrected chi connectivity index (χ4v) is 6.00. The summed E-state index contributed by atoms with van der Waals surface area (Å²) in [5, 5.41) is -0.0740. The van der Waals surface area contributed by atoms with Crippen molar-refractivity contribution in [2.75, 3.05) is 11.4 Å². The number of likely N-dealkylation sites (tertiary alicyclic amines) is 1. The van der Waals surface area contributed by atoms with Crippen LogP contribution in [0.1, 0.15) is 41.0 Å². The predicted molar refractivity (Wildman–Crippen MR) is 123 cm³/mol. The van der Waals surface area contributed by atoms with Crippen molar-refractivity contribution in [3.8, 4) is 0 Å². The maximum Gasteiger partial charge on any atom is 0.251 e. The number of amides is 3. The van der Waals surface area contributed by atoms with E-state index in [0.29, 0.717) is 5.69 Å². The van der Waals surface area contributed by atoms with Crippen LogP contribution in [0.2, 0.25) is 18.1 Å². The van der Waals surface area contributed by atoms with Crippen LogP contribution in [0, 0.1) is 11.7 Å². The minimum atomic E-state index is -2.21. The predicted octanol–water partition coefficient (Wildman–Crippen LogP) is 3.04. The summed E-state index contributed by atoms with van der Waals surface area (Å²) >= 11 is 0. The Hall–Kier alpha value is -2.26. The summed E-state index contributed by atoms with van der Waals surface area (Å²) in [5.74, 6) is -1.83. The van der Waals surface area contributed by atoms with Gasteiger partial charge in [-0.15, -0.1) is 0 Å². The molecule has 4 atom stereocenters. The summed E-state index contributed by atoms with van der Waals surface area (Å²) in [6, 6.07) is 4.60. The lowest BCUT2D eigenvalue weighted by atomic mass is 9.76. The van der Waals surface area contributed by atoms with Gasteiger partial charge in [-0.1, -0.05) is 27.7 Å². The van der Waals surface area contributed by atoms with Crippen LogP contribution in [0.4, 0.5) is 10.1 Å². The van der Waals surface area contributed by atoms with E-state index in [2.05, 4.69) is 33.9 Å². The number of halogens is 1. The number of hydrogen-bond acceptors (Lipinski definition) is 4. The van der Waals surface area contributed by atoms with Crippen molar-refractivity contribution in [1.29, 1.82) is 0 Å². The molecule has 176 valence electrons. The van der Waals surface area contributed by atoms with Gasteiger partial charge in [0, 0.05) is 12.1 Å². The summed E-state index contributed by atoms with van der Waals surface area (Å²) in [6.07, 6.45) is -0.379. The lowest BCUT2D eigenvalue weighted by Gasteiger charge is -2.56. The molecule has 2 unspecified atom stereocenters. The number of β-lactam (4-membered cyclic amide) rings is 1. The molecule has 0 aliphatic carbocycles. The Balaban J connectivity index is 1.90. The Morgan fingerprint density at radius 1 is 1.25 bits per heavy atom. The fourth-order valence-electron chi connectivity index (χ4n) is 4.59. The molecule has 32 heavy (non-hydrogen) atoms. The maximum absolute atomic E-state index is 13.6. The van der Waals surface area contributed by atoms with Crippen molar-refractivity contribution >= 4 is 31.7 Å². The van der Waals surface area contributed by atoms with Crippen LogP contribution in [0.5, 0.6) is 0 Å². The molecule has 2 N–H and O–H groups in total. The molecular formula is C23H34FN3O4Si. The Morgan fingerprint density at radius 2 is 1.81 bits per heavy atom. The average Bonchev–Trinajstić information content (AvgIpc) is 2.92. The van der Waals surface area contributed by atoms with Crippen molar-refractivity contribution in [1.82, 2.24) is 4.90 Å². The summed E-state index contributed by atoms with van der Waals surface area (Å²) in [5.41, 5.74) is 5.10. The molecule has 1 aromatic carbocycles.